The van der Waals surface area contributed by atoms with Crippen LogP contribution in [0.15, 0.2) is 24.3 Å². The molecular weight excluding hydrogens is 198 g/mol. The predicted octanol–water partition coefficient (Wildman–Crippen LogP) is 1.39. The van der Waals surface area contributed by atoms with Crippen LogP contribution in [0.5, 0.6) is 5.75 Å². The van der Waals surface area contributed by atoms with Crippen molar-refractivity contribution < 1.29 is 14.8 Å². The van der Waals surface area contributed by atoms with Gasteiger partial charge in [0, 0.05) is 17.4 Å². The van der Waals surface area contributed by atoms with Gasteiger partial charge < -0.3 is 9.84 Å². The maximum Gasteiger partial charge on any atom is 0.240 e. The number of ether oxygens (including phenoxy) is 1. The van der Waals surface area contributed by atoms with Gasteiger partial charge >= 0.3 is 0 Å². The van der Waals surface area contributed by atoms with Gasteiger partial charge in [0.05, 0.1) is 7.11 Å². The van der Waals surface area contributed by atoms with Gasteiger partial charge in [0.15, 0.2) is 0 Å². The van der Waals surface area contributed by atoms with E-state index in [0.717, 1.165) is 0 Å². The third kappa shape index (κ3) is 2.44. The van der Waals surface area contributed by atoms with E-state index in [4.69, 9.17) is 4.74 Å². The minimum absolute atomic E-state index is 0.434. The molecule has 0 saturated heterocycles. The number of aliphatic hydroxyl groups is 1. The first-order valence-corrected chi connectivity index (χ1v) is 4.52. The monoisotopic (exact) mass is 211 g/mol. The summed E-state index contributed by atoms with van der Waals surface area (Å²) in [4.78, 5) is 10.0. The first-order chi connectivity index (χ1) is 7.07. The number of rotatable bonds is 4. The van der Waals surface area contributed by atoms with Gasteiger partial charge in [-0.05, 0) is 6.07 Å². The van der Waals surface area contributed by atoms with Crippen LogP contribution in [-0.4, -0.2) is 23.2 Å². The van der Waals surface area contributed by atoms with Gasteiger partial charge in [0.1, 0.15) is 11.9 Å². The average molecular weight is 211 g/mol. The van der Waals surface area contributed by atoms with E-state index >= 15 is 0 Å². The number of hydrogen-bond donors (Lipinski definition) is 1. The summed E-state index contributed by atoms with van der Waals surface area (Å²) in [7, 11) is 1.46. The molecule has 0 unspecified atom stereocenters. The Kier molecular flexibility index (Phi) is 3.62. The van der Waals surface area contributed by atoms with Crippen LogP contribution in [-0.2, 0) is 0 Å². The van der Waals surface area contributed by atoms with Crippen LogP contribution in [0.4, 0.5) is 0 Å². The fourth-order valence-corrected chi connectivity index (χ4v) is 1.29. The highest BCUT2D eigenvalue weighted by Gasteiger charge is 2.27. The number of benzene rings is 1. The van der Waals surface area contributed by atoms with E-state index in [-0.39, 0.29) is 0 Å². The van der Waals surface area contributed by atoms with Gasteiger partial charge in [-0.1, -0.05) is 18.2 Å². The third-order valence-corrected chi connectivity index (χ3v) is 2.25. The summed E-state index contributed by atoms with van der Waals surface area (Å²) in [6.07, 6.45) is -1.16. The summed E-state index contributed by atoms with van der Waals surface area (Å²) >= 11 is 0. The fourth-order valence-electron chi connectivity index (χ4n) is 1.29. The van der Waals surface area contributed by atoms with Gasteiger partial charge in [-0.2, -0.15) is 0 Å². The molecular formula is C10H13NO4. The van der Waals surface area contributed by atoms with Crippen molar-refractivity contribution in [1.82, 2.24) is 0 Å². The molecule has 0 aliphatic carbocycles. The highest BCUT2D eigenvalue weighted by molar-refractivity contribution is 5.35. The average Bonchev–Trinajstić information content (AvgIpc) is 2.26. The normalized spacial score (nSPS) is 14.3. The molecule has 0 amide bonds. The molecule has 0 spiro atoms. The number of para-hydroxylation sites is 1. The Labute approximate surface area is 87.5 Å². The smallest absolute Gasteiger partial charge is 0.240 e. The lowest BCUT2D eigenvalue weighted by Gasteiger charge is -2.15. The Morgan fingerprint density at radius 3 is 2.60 bits per heavy atom. The van der Waals surface area contributed by atoms with Crippen molar-refractivity contribution in [3.05, 3.63) is 39.9 Å². The summed E-state index contributed by atoms with van der Waals surface area (Å²) in [5, 5.41) is 20.3. The summed E-state index contributed by atoms with van der Waals surface area (Å²) < 4.78 is 5.01. The molecule has 0 aliphatic heterocycles. The second kappa shape index (κ2) is 4.75. The molecule has 5 nitrogen and oxygen atoms in total. The quantitative estimate of drug-likeness (QED) is 0.603. The third-order valence-electron chi connectivity index (χ3n) is 2.25. The highest BCUT2D eigenvalue weighted by Crippen LogP contribution is 2.27. The Morgan fingerprint density at radius 2 is 2.07 bits per heavy atom. The fraction of sp³-hybridized carbons (Fsp3) is 0.400. The zero-order chi connectivity index (χ0) is 11.4. The summed E-state index contributed by atoms with van der Waals surface area (Å²) in [6.45, 7) is 1.36. The van der Waals surface area contributed by atoms with E-state index in [1.165, 1.54) is 14.0 Å². The van der Waals surface area contributed by atoms with Crippen molar-refractivity contribution in [3.63, 3.8) is 0 Å². The molecule has 1 aromatic carbocycles. The van der Waals surface area contributed by atoms with Crippen LogP contribution in [0.2, 0.25) is 0 Å². The van der Waals surface area contributed by atoms with Crippen molar-refractivity contribution in [2.24, 2.45) is 0 Å². The summed E-state index contributed by atoms with van der Waals surface area (Å²) in [5.41, 5.74) is 0.434. The van der Waals surface area contributed by atoms with Crippen molar-refractivity contribution >= 4 is 0 Å². The standard InChI is InChI=1S/C10H13NO4/c1-7(11(13)14)10(12)8-5-3-4-6-9(8)15-2/h3-7,10,12H,1-2H3/t7-,10-/m1/s1. The minimum atomic E-state index is -1.16. The molecule has 82 valence electrons. The maximum absolute atomic E-state index is 10.5. The van der Waals surface area contributed by atoms with Crippen LogP contribution in [0, 0.1) is 10.1 Å². The van der Waals surface area contributed by atoms with E-state index < -0.39 is 17.1 Å². The summed E-state index contributed by atoms with van der Waals surface area (Å²) in [6, 6.07) is 5.66. The van der Waals surface area contributed by atoms with E-state index in [1.807, 2.05) is 0 Å². The number of nitrogens with zero attached hydrogens (tertiary/aromatic N) is 1. The first kappa shape index (κ1) is 11.5. The Morgan fingerprint density at radius 1 is 1.47 bits per heavy atom. The minimum Gasteiger partial charge on any atom is -0.496 e. The molecule has 1 aromatic rings. The van der Waals surface area contributed by atoms with Gasteiger partial charge in [-0.3, -0.25) is 10.1 Å². The van der Waals surface area contributed by atoms with Crippen LogP contribution in [0.25, 0.3) is 0 Å². The zero-order valence-electron chi connectivity index (χ0n) is 8.58. The lowest BCUT2D eigenvalue weighted by Crippen LogP contribution is -2.24. The predicted molar refractivity (Wildman–Crippen MR) is 54.4 cm³/mol. The van der Waals surface area contributed by atoms with Crippen molar-refractivity contribution in [1.29, 1.82) is 0 Å². The summed E-state index contributed by atoms with van der Waals surface area (Å²) in [5.74, 6) is 0.457. The second-order valence-electron chi connectivity index (χ2n) is 3.21. The molecule has 1 rings (SSSR count). The molecule has 0 heterocycles. The Balaban J connectivity index is 2.99. The molecule has 0 bridgehead atoms. The molecule has 5 heteroatoms. The first-order valence-electron chi connectivity index (χ1n) is 4.52. The van der Waals surface area contributed by atoms with E-state index in [9.17, 15) is 15.2 Å². The van der Waals surface area contributed by atoms with E-state index in [1.54, 1.807) is 24.3 Å². The number of aliphatic hydroxyl groups excluding tert-OH is 1. The molecule has 0 aromatic heterocycles. The molecule has 15 heavy (non-hydrogen) atoms. The number of hydrogen-bond acceptors (Lipinski definition) is 4. The number of methoxy groups -OCH3 is 1. The van der Waals surface area contributed by atoms with Crippen LogP contribution >= 0.6 is 0 Å². The van der Waals surface area contributed by atoms with Gasteiger partial charge in [-0.25, -0.2) is 0 Å². The van der Waals surface area contributed by atoms with Gasteiger partial charge in [-0.15, -0.1) is 0 Å². The van der Waals surface area contributed by atoms with Crippen molar-refractivity contribution in [2.75, 3.05) is 7.11 Å². The van der Waals surface area contributed by atoms with Crippen molar-refractivity contribution in [3.8, 4) is 5.75 Å². The van der Waals surface area contributed by atoms with E-state index in [2.05, 4.69) is 0 Å². The lowest BCUT2D eigenvalue weighted by atomic mass is 10.0. The Bertz CT molecular complexity index is 353. The molecule has 1 N–H and O–H groups in total. The Hall–Kier alpha value is -1.62. The molecule has 0 radical (unpaired) electrons. The second-order valence-corrected chi connectivity index (χ2v) is 3.21. The van der Waals surface area contributed by atoms with Crippen molar-refractivity contribution in [2.45, 2.75) is 19.1 Å². The highest BCUT2D eigenvalue weighted by atomic mass is 16.6. The van der Waals surface area contributed by atoms with Gasteiger partial charge in [0.25, 0.3) is 0 Å². The van der Waals surface area contributed by atoms with E-state index in [0.29, 0.717) is 11.3 Å². The number of nitro groups is 1. The SMILES string of the molecule is COc1ccccc1[C@H](O)[C@@H](C)[N+](=O)[O-]. The van der Waals surface area contributed by atoms with Gasteiger partial charge in [0.2, 0.25) is 6.04 Å². The zero-order valence-corrected chi connectivity index (χ0v) is 8.58. The molecule has 2 atom stereocenters. The van der Waals surface area contributed by atoms with Crippen LogP contribution in [0.3, 0.4) is 0 Å². The van der Waals surface area contributed by atoms with Crippen LogP contribution in [0.1, 0.15) is 18.6 Å². The molecule has 0 saturated carbocycles. The topological polar surface area (TPSA) is 72.6 Å². The molecule has 0 fully saturated rings. The maximum atomic E-state index is 10.5. The molecule has 0 aliphatic rings. The largest absolute Gasteiger partial charge is 0.496 e. The lowest BCUT2D eigenvalue weighted by molar-refractivity contribution is -0.531. The van der Waals surface area contributed by atoms with Crippen LogP contribution < -0.4 is 4.74 Å².